The summed E-state index contributed by atoms with van der Waals surface area (Å²) < 4.78 is 0. The van der Waals surface area contributed by atoms with E-state index in [1.807, 2.05) is 6.92 Å². The van der Waals surface area contributed by atoms with Gasteiger partial charge in [0.25, 0.3) is 5.91 Å². The fraction of sp³-hybridized carbons (Fsp3) is 0.500. The van der Waals surface area contributed by atoms with E-state index in [2.05, 4.69) is 17.3 Å². The number of nitrogens with two attached hydrogens (primary N) is 1. The first-order valence-electron chi connectivity index (χ1n) is 5.91. The molecule has 1 rings (SSSR count). The van der Waals surface area contributed by atoms with Crippen molar-refractivity contribution in [3.05, 3.63) is 22.8 Å². The molecule has 0 fully saturated rings. The lowest BCUT2D eigenvalue weighted by molar-refractivity contribution is 0.0736. The zero-order valence-electron chi connectivity index (χ0n) is 10.9. The second-order valence-corrected chi connectivity index (χ2v) is 4.65. The summed E-state index contributed by atoms with van der Waals surface area (Å²) >= 11 is 5.84. The molecule has 0 spiro atoms. The minimum Gasteiger partial charge on any atom is -0.339 e. The van der Waals surface area contributed by atoms with Crippen LogP contribution < -0.4 is 11.3 Å². The van der Waals surface area contributed by atoms with Gasteiger partial charge in [0.15, 0.2) is 0 Å². The molecular weight excluding hydrogens is 252 g/mol. The van der Waals surface area contributed by atoms with Gasteiger partial charge in [-0.25, -0.2) is 10.8 Å². The lowest BCUT2D eigenvalue weighted by atomic mass is 10.1. The number of hydrogen-bond donors (Lipinski definition) is 2. The number of aromatic nitrogens is 1. The number of carbonyl (C=O) groups is 1. The molecule has 1 atom stereocenters. The molecule has 0 aliphatic carbocycles. The molecule has 3 N–H and O–H groups in total. The maximum absolute atomic E-state index is 12.3. The highest BCUT2D eigenvalue weighted by molar-refractivity contribution is 6.29. The number of pyridine rings is 1. The van der Waals surface area contributed by atoms with Crippen LogP contribution in [0.4, 0.5) is 5.82 Å². The number of halogens is 1. The first kappa shape index (κ1) is 14.7. The third-order valence-electron chi connectivity index (χ3n) is 2.88. The lowest BCUT2D eigenvalue weighted by Gasteiger charge is -2.24. The highest BCUT2D eigenvalue weighted by atomic mass is 35.5. The van der Waals surface area contributed by atoms with Crippen molar-refractivity contribution in [2.45, 2.75) is 32.7 Å². The Balaban J connectivity index is 2.92. The number of hydrogen-bond acceptors (Lipinski definition) is 4. The number of nitrogens with one attached hydrogen (secondary N) is 1. The second-order valence-electron chi connectivity index (χ2n) is 4.26. The molecule has 6 heteroatoms. The van der Waals surface area contributed by atoms with Crippen LogP contribution in [0.1, 0.15) is 37.0 Å². The van der Waals surface area contributed by atoms with Gasteiger partial charge in [0.1, 0.15) is 11.0 Å². The van der Waals surface area contributed by atoms with Gasteiger partial charge >= 0.3 is 0 Å². The summed E-state index contributed by atoms with van der Waals surface area (Å²) in [6.45, 7) is 4.11. The molecule has 0 aromatic carbocycles. The van der Waals surface area contributed by atoms with E-state index in [1.165, 1.54) is 0 Å². The fourth-order valence-corrected chi connectivity index (χ4v) is 1.92. The van der Waals surface area contributed by atoms with Crippen LogP contribution in [0.15, 0.2) is 12.1 Å². The molecule has 0 saturated heterocycles. The average molecular weight is 271 g/mol. The smallest absolute Gasteiger partial charge is 0.254 e. The molecular formula is C12H19ClN4O. The average Bonchev–Trinajstić information content (AvgIpc) is 2.36. The summed E-state index contributed by atoms with van der Waals surface area (Å²) in [7, 11) is 1.78. The minimum atomic E-state index is -0.0863. The van der Waals surface area contributed by atoms with Gasteiger partial charge in [-0.1, -0.05) is 24.9 Å². The van der Waals surface area contributed by atoms with Crippen molar-refractivity contribution in [1.29, 1.82) is 0 Å². The Morgan fingerprint density at radius 3 is 2.83 bits per heavy atom. The Morgan fingerprint density at radius 1 is 1.61 bits per heavy atom. The van der Waals surface area contributed by atoms with Gasteiger partial charge in [-0.15, -0.1) is 0 Å². The van der Waals surface area contributed by atoms with Crippen LogP contribution >= 0.6 is 11.6 Å². The van der Waals surface area contributed by atoms with E-state index in [0.717, 1.165) is 12.8 Å². The van der Waals surface area contributed by atoms with Crippen molar-refractivity contribution in [3.63, 3.8) is 0 Å². The number of anilines is 1. The molecule has 0 saturated carbocycles. The van der Waals surface area contributed by atoms with Crippen molar-refractivity contribution in [3.8, 4) is 0 Å². The minimum absolute atomic E-state index is 0.0863. The summed E-state index contributed by atoms with van der Waals surface area (Å²) in [4.78, 5) is 17.9. The predicted molar refractivity (Wildman–Crippen MR) is 73.5 cm³/mol. The molecule has 0 bridgehead atoms. The summed E-state index contributed by atoms with van der Waals surface area (Å²) in [5.74, 6) is 5.57. The predicted octanol–water partition coefficient (Wildman–Crippen LogP) is 2.28. The summed E-state index contributed by atoms with van der Waals surface area (Å²) in [5, 5.41) is 0.241. The third-order valence-corrected chi connectivity index (χ3v) is 3.07. The largest absolute Gasteiger partial charge is 0.339 e. The number of rotatable bonds is 5. The van der Waals surface area contributed by atoms with E-state index in [1.54, 1.807) is 24.1 Å². The van der Waals surface area contributed by atoms with E-state index in [-0.39, 0.29) is 17.1 Å². The topological polar surface area (TPSA) is 71.2 Å². The number of carbonyl (C=O) groups excluding carboxylic acids is 1. The van der Waals surface area contributed by atoms with E-state index >= 15 is 0 Å². The number of hydrazine groups is 1. The van der Waals surface area contributed by atoms with Gasteiger partial charge in [-0.2, -0.15) is 0 Å². The maximum atomic E-state index is 12.3. The van der Waals surface area contributed by atoms with Crippen molar-refractivity contribution < 1.29 is 4.79 Å². The molecule has 5 nitrogen and oxygen atoms in total. The Kier molecular flexibility index (Phi) is 5.37. The summed E-state index contributed by atoms with van der Waals surface area (Å²) in [5.41, 5.74) is 2.87. The van der Waals surface area contributed by atoms with Crippen LogP contribution in [0.25, 0.3) is 0 Å². The number of nitrogen functional groups attached to an aromatic ring is 1. The molecule has 1 aromatic rings. The Morgan fingerprint density at radius 2 is 2.28 bits per heavy atom. The van der Waals surface area contributed by atoms with Crippen LogP contribution in [0, 0.1) is 0 Å². The second kappa shape index (κ2) is 6.56. The Bertz CT molecular complexity index is 425. The van der Waals surface area contributed by atoms with E-state index in [4.69, 9.17) is 17.4 Å². The number of nitrogens with zero attached hydrogens (tertiary/aromatic N) is 2. The zero-order valence-corrected chi connectivity index (χ0v) is 11.7. The van der Waals surface area contributed by atoms with Crippen LogP contribution in [0.2, 0.25) is 5.15 Å². The normalized spacial score (nSPS) is 12.1. The third kappa shape index (κ3) is 3.58. The summed E-state index contributed by atoms with van der Waals surface area (Å²) in [6.07, 6.45) is 1.99. The first-order chi connectivity index (χ1) is 8.49. The van der Waals surface area contributed by atoms with Crippen LogP contribution in [-0.2, 0) is 0 Å². The SMILES string of the molecule is CCCC(C)N(C)C(=O)c1cc(Cl)nc(NN)c1. The van der Waals surface area contributed by atoms with Crippen molar-refractivity contribution in [2.24, 2.45) is 5.84 Å². The van der Waals surface area contributed by atoms with Gasteiger partial charge in [-0.05, 0) is 25.5 Å². The lowest BCUT2D eigenvalue weighted by Crippen LogP contribution is -2.35. The molecule has 1 amide bonds. The molecule has 100 valence electrons. The molecule has 0 radical (unpaired) electrons. The first-order valence-corrected chi connectivity index (χ1v) is 6.28. The van der Waals surface area contributed by atoms with Crippen molar-refractivity contribution in [2.75, 3.05) is 12.5 Å². The summed E-state index contributed by atoms with van der Waals surface area (Å²) in [6, 6.07) is 3.31. The van der Waals surface area contributed by atoms with Crippen molar-refractivity contribution in [1.82, 2.24) is 9.88 Å². The van der Waals surface area contributed by atoms with Crippen LogP contribution in [0.3, 0.4) is 0 Å². The quantitative estimate of drug-likeness (QED) is 0.489. The molecule has 1 aromatic heterocycles. The molecule has 0 aliphatic rings. The molecule has 1 unspecified atom stereocenters. The monoisotopic (exact) mass is 270 g/mol. The highest BCUT2D eigenvalue weighted by Crippen LogP contribution is 2.17. The van der Waals surface area contributed by atoms with Gasteiger partial charge in [0, 0.05) is 18.7 Å². The zero-order chi connectivity index (χ0) is 13.7. The fourth-order valence-electron chi connectivity index (χ4n) is 1.71. The van der Waals surface area contributed by atoms with Crippen LogP contribution in [0.5, 0.6) is 0 Å². The van der Waals surface area contributed by atoms with Gasteiger partial charge < -0.3 is 10.3 Å². The Hall–Kier alpha value is -1.33. The van der Waals surface area contributed by atoms with Gasteiger partial charge in [0.05, 0.1) is 0 Å². The maximum Gasteiger partial charge on any atom is 0.254 e. The molecule has 18 heavy (non-hydrogen) atoms. The van der Waals surface area contributed by atoms with E-state index in [0.29, 0.717) is 11.4 Å². The van der Waals surface area contributed by atoms with Crippen molar-refractivity contribution >= 4 is 23.3 Å². The van der Waals surface area contributed by atoms with E-state index in [9.17, 15) is 4.79 Å². The van der Waals surface area contributed by atoms with E-state index < -0.39 is 0 Å². The highest BCUT2D eigenvalue weighted by Gasteiger charge is 2.18. The Labute approximate surface area is 112 Å². The molecule has 0 aliphatic heterocycles. The van der Waals surface area contributed by atoms with Crippen LogP contribution in [-0.4, -0.2) is 28.9 Å². The van der Waals surface area contributed by atoms with Gasteiger partial charge in [0.2, 0.25) is 0 Å². The molecule has 1 heterocycles. The van der Waals surface area contributed by atoms with Gasteiger partial charge in [-0.3, -0.25) is 4.79 Å². The standard InChI is InChI=1S/C12H19ClN4O/c1-4-5-8(2)17(3)12(18)9-6-10(13)15-11(7-9)16-14/h6-8H,4-5,14H2,1-3H3,(H,15,16). The number of amides is 1.